The summed E-state index contributed by atoms with van der Waals surface area (Å²) in [6, 6.07) is 20.4. The van der Waals surface area contributed by atoms with E-state index in [9.17, 15) is 14.4 Å². The molecule has 0 aliphatic carbocycles. The Morgan fingerprint density at radius 1 is 1.00 bits per heavy atom. The molecule has 0 bridgehead atoms. The minimum absolute atomic E-state index is 0.00179. The molecular formula is C28H23N3O5S. The highest BCUT2D eigenvalue weighted by Crippen LogP contribution is 2.31. The summed E-state index contributed by atoms with van der Waals surface area (Å²) in [6.07, 6.45) is 0.128. The largest absolute Gasteiger partial charge is 0.497 e. The van der Waals surface area contributed by atoms with Gasteiger partial charge in [-0.05, 0) is 47.5 Å². The monoisotopic (exact) mass is 513 g/mol. The van der Waals surface area contributed by atoms with Crippen LogP contribution in [0, 0.1) is 0 Å². The summed E-state index contributed by atoms with van der Waals surface area (Å²) in [7, 11) is 1.54. The van der Waals surface area contributed by atoms with Crippen LogP contribution in [0.15, 0.2) is 76.9 Å². The highest BCUT2D eigenvalue weighted by Gasteiger charge is 2.23. The lowest BCUT2D eigenvalue weighted by Crippen LogP contribution is -2.25. The summed E-state index contributed by atoms with van der Waals surface area (Å²) in [4.78, 5) is 39.4. The van der Waals surface area contributed by atoms with Crippen molar-refractivity contribution < 1.29 is 19.1 Å². The maximum absolute atomic E-state index is 13.6. The van der Waals surface area contributed by atoms with E-state index in [1.165, 1.54) is 11.3 Å². The molecule has 0 saturated heterocycles. The SMILES string of the molecule is CCOC(=O)c1nn(-c2ccc(OC)cc2)c(=O)c2c(NC(=O)Cc3cccc4ccccc34)scc12. The fourth-order valence-electron chi connectivity index (χ4n) is 4.18. The van der Waals surface area contributed by atoms with Crippen molar-refractivity contribution in [3.63, 3.8) is 0 Å². The number of aromatic nitrogens is 2. The quantitative estimate of drug-likeness (QED) is 0.309. The van der Waals surface area contributed by atoms with Gasteiger partial charge in [-0.25, -0.2) is 4.79 Å². The van der Waals surface area contributed by atoms with Gasteiger partial charge in [0.1, 0.15) is 10.8 Å². The lowest BCUT2D eigenvalue weighted by molar-refractivity contribution is -0.115. The highest BCUT2D eigenvalue weighted by molar-refractivity contribution is 7.16. The lowest BCUT2D eigenvalue weighted by atomic mass is 10.0. The summed E-state index contributed by atoms with van der Waals surface area (Å²) in [6.45, 7) is 1.85. The fraction of sp³-hybridized carbons (Fsp3) is 0.143. The van der Waals surface area contributed by atoms with Crippen LogP contribution in [0.1, 0.15) is 23.0 Å². The third-order valence-electron chi connectivity index (χ3n) is 5.92. The number of hydrogen-bond donors (Lipinski definition) is 1. The summed E-state index contributed by atoms with van der Waals surface area (Å²) >= 11 is 1.17. The van der Waals surface area contributed by atoms with Crippen LogP contribution in [0.4, 0.5) is 5.00 Å². The van der Waals surface area contributed by atoms with Gasteiger partial charge in [0.2, 0.25) is 5.91 Å². The summed E-state index contributed by atoms with van der Waals surface area (Å²) < 4.78 is 11.5. The van der Waals surface area contributed by atoms with Gasteiger partial charge in [-0.2, -0.15) is 9.78 Å². The Balaban J connectivity index is 1.56. The Labute approximate surface area is 216 Å². The molecule has 0 atom stereocenters. The molecule has 0 spiro atoms. The van der Waals surface area contributed by atoms with Crippen LogP contribution >= 0.6 is 11.3 Å². The van der Waals surface area contributed by atoms with Crippen LogP contribution in [-0.4, -0.2) is 35.4 Å². The number of fused-ring (bicyclic) bond motifs is 2. The number of esters is 1. The lowest BCUT2D eigenvalue weighted by Gasteiger charge is -2.11. The van der Waals surface area contributed by atoms with E-state index in [1.807, 2.05) is 42.5 Å². The van der Waals surface area contributed by atoms with E-state index in [2.05, 4.69) is 10.4 Å². The first-order valence-corrected chi connectivity index (χ1v) is 12.5. The molecule has 8 nitrogen and oxygen atoms in total. The van der Waals surface area contributed by atoms with E-state index < -0.39 is 11.5 Å². The molecule has 9 heteroatoms. The molecule has 5 rings (SSSR count). The third kappa shape index (κ3) is 4.68. The summed E-state index contributed by atoms with van der Waals surface area (Å²) in [5, 5.41) is 11.8. The smallest absolute Gasteiger partial charge is 0.359 e. The molecule has 1 N–H and O–H groups in total. The number of hydrogen-bond acceptors (Lipinski definition) is 7. The molecule has 2 aromatic heterocycles. The molecule has 0 saturated carbocycles. The second kappa shape index (κ2) is 10.2. The van der Waals surface area contributed by atoms with Crippen molar-refractivity contribution in [1.29, 1.82) is 0 Å². The van der Waals surface area contributed by atoms with E-state index in [0.717, 1.165) is 21.0 Å². The van der Waals surface area contributed by atoms with Crippen LogP contribution < -0.4 is 15.6 Å². The van der Waals surface area contributed by atoms with Gasteiger partial charge in [-0.15, -0.1) is 11.3 Å². The molecule has 2 heterocycles. The van der Waals surface area contributed by atoms with Crippen molar-refractivity contribution in [3.8, 4) is 11.4 Å². The van der Waals surface area contributed by atoms with Crippen molar-refractivity contribution in [2.45, 2.75) is 13.3 Å². The minimum Gasteiger partial charge on any atom is -0.497 e. The van der Waals surface area contributed by atoms with Crippen molar-refractivity contribution >= 4 is 49.8 Å². The van der Waals surface area contributed by atoms with Gasteiger partial charge in [-0.3, -0.25) is 9.59 Å². The zero-order chi connectivity index (χ0) is 25.9. The van der Waals surface area contributed by atoms with Gasteiger partial charge in [0.25, 0.3) is 5.56 Å². The maximum Gasteiger partial charge on any atom is 0.359 e. The van der Waals surface area contributed by atoms with E-state index in [4.69, 9.17) is 9.47 Å². The number of rotatable bonds is 7. The van der Waals surface area contributed by atoms with Crippen molar-refractivity contribution in [2.24, 2.45) is 0 Å². The zero-order valence-corrected chi connectivity index (χ0v) is 21.0. The normalized spacial score (nSPS) is 11.0. The highest BCUT2D eigenvalue weighted by atomic mass is 32.1. The molecule has 0 aliphatic rings. The minimum atomic E-state index is -0.652. The second-order valence-electron chi connectivity index (χ2n) is 8.20. The number of thiophene rings is 1. The summed E-state index contributed by atoms with van der Waals surface area (Å²) in [5.41, 5.74) is 0.853. The molecule has 0 radical (unpaired) electrons. The number of ether oxygens (including phenoxy) is 2. The number of methoxy groups -OCH3 is 1. The van der Waals surface area contributed by atoms with E-state index >= 15 is 0 Å². The molecule has 0 unspecified atom stereocenters. The molecule has 5 aromatic rings. The molecule has 186 valence electrons. The van der Waals surface area contributed by atoms with Gasteiger partial charge >= 0.3 is 5.97 Å². The Kier molecular flexibility index (Phi) is 6.70. The Morgan fingerprint density at radius 3 is 2.51 bits per heavy atom. The second-order valence-corrected chi connectivity index (χ2v) is 9.08. The summed E-state index contributed by atoms with van der Waals surface area (Å²) in [5.74, 6) is -0.313. The number of carbonyl (C=O) groups is 2. The first kappa shape index (κ1) is 24.2. The Morgan fingerprint density at radius 2 is 1.76 bits per heavy atom. The van der Waals surface area contributed by atoms with Crippen LogP contribution in [0.5, 0.6) is 5.75 Å². The first-order valence-electron chi connectivity index (χ1n) is 11.6. The van der Waals surface area contributed by atoms with Crippen LogP contribution in [-0.2, 0) is 16.0 Å². The number of amides is 1. The Bertz CT molecular complexity index is 1680. The Hall–Kier alpha value is -4.50. The fourth-order valence-corrected chi connectivity index (χ4v) is 5.13. The van der Waals surface area contributed by atoms with Gasteiger partial charge in [-0.1, -0.05) is 42.5 Å². The number of benzene rings is 3. The van der Waals surface area contributed by atoms with Gasteiger partial charge in [0.05, 0.1) is 31.2 Å². The average Bonchev–Trinajstić information content (AvgIpc) is 3.33. The van der Waals surface area contributed by atoms with Crippen LogP contribution in [0.2, 0.25) is 0 Å². The first-order chi connectivity index (χ1) is 18.0. The van der Waals surface area contributed by atoms with Gasteiger partial charge in [0.15, 0.2) is 5.69 Å². The zero-order valence-electron chi connectivity index (χ0n) is 20.2. The van der Waals surface area contributed by atoms with Crippen LogP contribution in [0.25, 0.3) is 27.2 Å². The van der Waals surface area contributed by atoms with Crippen molar-refractivity contribution in [2.75, 3.05) is 19.0 Å². The molecular weight excluding hydrogens is 490 g/mol. The predicted molar refractivity (Wildman–Crippen MR) is 144 cm³/mol. The topological polar surface area (TPSA) is 99.5 Å². The standard InChI is InChI=1S/C28H23N3O5S/c1-3-36-28(34)25-22-16-37-26(24(22)27(33)31(30-25)19-11-13-20(35-2)14-12-19)29-23(32)15-18-9-6-8-17-7-4-5-10-21(17)18/h4-14,16H,3,15H2,1-2H3,(H,29,32). The van der Waals surface area contributed by atoms with Crippen LogP contribution in [0.3, 0.4) is 0 Å². The predicted octanol–water partition coefficient (Wildman–Crippen LogP) is 4.97. The molecule has 3 aromatic carbocycles. The number of anilines is 1. The molecule has 0 aliphatic heterocycles. The van der Waals surface area contributed by atoms with E-state index in [-0.39, 0.29) is 30.0 Å². The van der Waals surface area contributed by atoms with E-state index in [1.54, 1.807) is 43.7 Å². The van der Waals surface area contributed by atoms with Crippen molar-refractivity contribution in [3.05, 3.63) is 93.7 Å². The number of nitrogens with zero attached hydrogens (tertiary/aromatic N) is 2. The number of nitrogens with one attached hydrogen (secondary N) is 1. The molecule has 1 amide bonds. The van der Waals surface area contributed by atoms with Crippen molar-refractivity contribution in [1.82, 2.24) is 9.78 Å². The number of carbonyl (C=O) groups excluding carboxylic acids is 2. The third-order valence-corrected chi connectivity index (χ3v) is 6.82. The molecule has 37 heavy (non-hydrogen) atoms. The molecule has 0 fully saturated rings. The van der Waals surface area contributed by atoms with Gasteiger partial charge < -0.3 is 14.8 Å². The van der Waals surface area contributed by atoms with Gasteiger partial charge in [0, 0.05) is 10.8 Å². The maximum atomic E-state index is 13.6. The average molecular weight is 514 g/mol. The van der Waals surface area contributed by atoms with E-state index in [0.29, 0.717) is 21.8 Å².